The number of phenolic OH excluding ortho intramolecular Hbond substituents is 1. The average Bonchev–Trinajstić information content (AvgIpc) is 2.49. The molecule has 2 aromatic carbocycles. The van der Waals surface area contributed by atoms with Crippen LogP contribution in [0.3, 0.4) is 0 Å². The van der Waals surface area contributed by atoms with Gasteiger partial charge in [-0.3, -0.25) is 15.5 Å². The van der Waals surface area contributed by atoms with E-state index in [9.17, 15) is 20.0 Å². The third kappa shape index (κ3) is 3.37. The number of carboxylic acid groups (broad SMARTS) is 1. The molecule has 0 atom stereocenters. The van der Waals surface area contributed by atoms with Crippen LogP contribution in [-0.4, -0.2) is 27.3 Å². The van der Waals surface area contributed by atoms with Crippen molar-refractivity contribution in [2.24, 2.45) is 5.10 Å². The Bertz CT molecular complexity index is 758. The van der Waals surface area contributed by atoms with Crippen LogP contribution in [0.25, 0.3) is 0 Å². The van der Waals surface area contributed by atoms with Crippen LogP contribution in [0.5, 0.6) is 5.75 Å². The number of para-hydroxylation sites is 1. The Morgan fingerprint density at radius 1 is 1.27 bits per heavy atom. The molecule has 8 nitrogen and oxygen atoms in total. The number of rotatable bonds is 5. The summed E-state index contributed by atoms with van der Waals surface area (Å²) in [6, 6.07) is 9.98. The summed E-state index contributed by atoms with van der Waals surface area (Å²) in [5, 5.41) is 32.9. The highest BCUT2D eigenvalue weighted by molar-refractivity contribution is 5.94. The molecule has 0 unspecified atom stereocenters. The first-order valence-electron chi connectivity index (χ1n) is 6.08. The Morgan fingerprint density at radius 2 is 2.00 bits per heavy atom. The van der Waals surface area contributed by atoms with Gasteiger partial charge in [0.05, 0.1) is 22.4 Å². The maximum absolute atomic E-state index is 11.0. The lowest BCUT2D eigenvalue weighted by Crippen LogP contribution is -2.02. The van der Waals surface area contributed by atoms with Crippen molar-refractivity contribution in [1.82, 2.24) is 0 Å². The van der Waals surface area contributed by atoms with Crippen molar-refractivity contribution in [3.8, 4) is 5.75 Å². The number of hydrogen-bond donors (Lipinski definition) is 3. The Hall–Kier alpha value is -3.42. The number of nitrogens with one attached hydrogen (secondary N) is 1. The number of nitro groups is 1. The van der Waals surface area contributed by atoms with Gasteiger partial charge in [0.15, 0.2) is 5.75 Å². The molecule has 2 rings (SSSR count). The van der Waals surface area contributed by atoms with E-state index in [1.54, 1.807) is 18.2 Å². The monoisotopic (exact) mass is 301 g/mol. The molecule has 0 aliphatic heterocycles. The van der Waals surface area contributed by atoms with E-state index >= 15 is 0 Å². The molecule has 0 aromatic heterocycles. The first-order chi connectivity index (χ1) is 10.5. The van der Waals surface area contributed by atoms with E-state index in [0.717, 1.165) is 6.07 Å². The fraction of sp³-hybridized carbons (Fsp3) is 0. The maximum Gasteiger partial charge on any atom is 0.337 e. The van der Waals surface area contributed by atoms with E-state index in [1.807, 2.05) is 0 Å². The van der Waals surface area contributed by atoms with Crippen LogP contribution in [0.2, 0.25) is 0 Å². The van der Waals surface area contributed by atoms with Crippen LogP contribution in [0.1, 0.15) is 15.9 Å². The molecular weight excluding hydrogens is 290 g/mol. The lowest BCUT2D eigenvalue weighted by atomic mass is 10.2. The summed E-state index contributed by atoms with van der Waals surface area (Å²) < 4.78 is 0. The van der Waals surface area contributed by atoms with Gasteiger partial charge in [0.2, 0.25) is 0 Å². The SMILES string of the molecule is O=C(O)c1ccccc1N/N=C\c1ccc(O)c([N+](=O)[O-])c1. The predicted molar refractivity (Wildman–Crippen MR) is 79.4 cm³/mol. The number of benzene rings is 2. The number of phenols is 1. The third-order valence-corrected chi connectivity index (χ3v) is 2.75. The van der Waals surface area contributed by atoms with Crippen molar-refractivity contribution in [2.45, 2.75) is 0 Å². The van der Waals surface area contributed by atoms with E-state index in [1.165, 1.54) is 24.4 Å². The number of carbonyl (C=O) groups is 1. The molecule has 0 aliphatic carbocycles. The van der Waals surface area contributed by atoms with Gasteiger partial charge in [-0.15, -0.1) is 0 Å². The predicted octanol–water partition coefficient (Wildman–Crippen LogP) is 2.44. The smallest absolute Gasteiger partial charge is 0.337 e. The molecule has 8 heteroatoms. The summed E-state index contributed by atoms with van der Waals surface area (Å²) in [4.78, 5) is 21.0. The minimum absolute atomic E-state index is 0.0522. The molecule has 0 heterocycles. The van der Waals surface area contributed by atoms with Gasteiger partial charge in [0.25, 0.3) is 0 Å². The molecule has 0 spiro atoms. The van der Waals surface area contributed by atoms with Crippen LogP contribution >= 0.6 is 0 Å². The highest BCUT2D eigenvalue weighted by atomic mass is 16.6. The molecule has 0 saturated carbocycles. The van der Waals surface area contributed by atoms with Gasteiger partial charge >= 0.3 is 11.7 Å². The quantitative estimate of drug-likeness (QED) is 0.442. The van der Waals surface area contributed by atoms with Gasteiger partial charge < -0.3 is 10.2 Å². The Kier molecular flexibility index (Phi) is 4.33. The van der Waals surface area contributed by atoms with Gasteiger partial charge in [-0.25, -0.2) is 4.79 Å². The van der Waals surface area contributed by atoms with E-state index in [0.29, 0.717) is 11.3 Å². The highest BCUT2D eigenvalue weighted by Crippen LogP contribution is 2.25. The molecule has 3 N–H and O–H groups in total. The normalized spacial score (nSPS) is 10.5. The van der Waals surface area contributed by atoms with Crippen molar-refractivity contribution in [2.75, 3.05) is 5.43 Å². The van der Waals surface area contributed by atoms with E-state index in [-0.39, 0.29) is 5.56 Å². The largest absolute Gasteiger partial charge is 0.502 e. The number of aromatic hydroxyl groups is 1. The average molecular weight is 301 g/mol. The summed E-state index contributed by atoms with van der Waals surface area (Å²) in [5.41, 5.74) is 2.85. The topological polar surface area (TPSA) is 125 Å². The summed E-state index contributed by atoms with van der Waals surface area (Å²) in [6.45, 7) is 0. The number of hydrazone groups is 1. The molecule has 0 bridgehead atoms. The van der Waals surface area contributed by atoms with Gasteiger partial charge in [-0.05, 0) is 24.3 Å². The molecule has 2 aromatic rings. The Balaban J connectivity index is 2.19. The van der Waals surface area contributed by atoms with E-state index < -0.39 is 22.3 Å². The van der Waals surface area contributed by atoms with Gasteiger partial charge in [-0.2, -0.15) is 5.10 Å². The van der Waals surface area contributed by atoms with Crippen LogP contribution in [0.4, 0.5) is 11.4 Å². The van der Waals surface area contributed by atoms with Gasteiger partial charge in [-0.1, -0.05) is 12.1 Å². The maximum atomic E-state index is 11.0. The third-order valence-electron chi connectivity index (χ3n) is 2.75. The van der Waals surface area contributed by atoms with E-state index in [4.69, 9.17) is 5.11 Å². The summed E-state index contributed by atoms with van der Waals surface area (Å²) >= 11 is 0. The summed E-state index contributed by atoms with van der Waals surface area (Å²) in [5.74, 6) is -1.54. The van der Waals surface area contributed by atoms with Crippen LogP contribution in [-0.2, 0) is 0 Å². The summed E-state index contributed by atoms with van der Waals surface area (Å²) in [6.07, 6.45) is 1.28. The van der Waals surface area contributed by atoms with Crippen LogP contribution in [0.15, 0.2) is 47.6 Å². The molecule has 22 heavy (non-hydrogen) atoms. The van der Waals surface area contributed by atoms with Crippen molar-refractivity contribution in [3.63, 3.8) is 0 Å². The lowest BCUT2D eigenvalue weighted by Gasteiger charge is -2.04. The molecular formula is C14H11N3O5. The van der Waals surface area contributed by atoms with Crippen LogP contribution in [0, 0.1) is 10.1 Å². The zero-order valence-electron chi connectivity index (χ0n) is 11.1. The van der Waals surface area contributed by atoms with Crippen molar-refractivity contribution >= 4 is 23.6 Å². The Morgan fingerprint density at radius 3 is 2.68 bits per heavy atom. The van der Waals surface area contributed by atoms with E-state index in [2.05, 4.69) is 10.5 Å². The number of hydrogen-bond acceptors (Lipinski definition) is 6. The number of aromatic carboxylic acids is 1. The molecule has 0 radical (unpaired) electrons. The minimum atomic E-state index is -1.10. The fourth-order valence-electron chi connectivity index (χ4n) is 1.71. The minimum Gasteiger partial charge on any atom is -0.502 e. The molecule has 0 amide bonds. The fourth-order valence-corrected chi connectivity index (χ4v) is 1.71. The zero-order chi connectivity index (χ0) is 16.1. The van der Waals surface area contributed by atoms with Crippen LogP contribution < -0.4 is 5.43 Å². The number of anilines is 1. The zero-order valence-corrected chi connectivity index (χ0v) is 11.1. The molecule has 0 fully saturated rings. The number of nitrogens with zero attached hydrogens (tertiary/aromatic N) is 2. The number of carboxylic acids is 1. The summed E-state index contributed by atoms with van der Waals surface area (Å²) in [7, 11) is 0. The van der Waals surface area contributed by atoms with Crippen molar-refractivity contribution in [3.05, 3.63) is 63.7 Å². The standard InChI is InChI=1S/C14H11N3O5/c18-13-6-5-9(7-12(13)17(21)22)8-15-16-11-4-2-1-3-10(11)14(19)20/h1-8,16,18H,(H,19,20)/b15-8-. The molecule has 0 aliphatic rings. The lowest BCUT2D eigenvalue weighted by molar-refractivity contribution is -0.385. The van der Waals surface area contributed by atoms with Crippen molar-refractivity contribution in [1.29, 1.82) is 0 Å². The molecule has 0 saturated heterocycles. The Labute approximate surface area is 124 Å². The highest BCUT2D eigenvalue weighted by Gasteiger charge is 2.12. The second kappa shape index (κ2) is 6.35. The second-order valence-corrected chi connectivity index (χ2v) is 4.23. The molecule has 112 valence electrons. The van der Waals surface area contributed by atoms with Gasteiger partial charge in [0.1, 0.15) is 0 Å². The first-order valence-corrected chi connectivity index (χ1v) is 6.08. The second-order valence-electron chi connectivity index (χ2n) is 4.23. The first kappa shape index (κ1) is 15.0. The number of nitro benzene ring substituents is 1. The van der Waals surface area contributed by atoms with Crippen molar-refractivity contribution < 1.29 is 19.9 Å². The van der Waals surface area contributed by atoms with Gasteiger partial charge in [0, 0.05) is 11.6 Å².